The zero-order chi connectivity index (χ0) is 13.2. The molecule has 1 saturated heterocycles. The van der Waals surface area contributed by atoms with E-state index in [4.69, 9.17) is 0 Å². The number of H-pyrrole nitrogens is 1. The predicted molar refractivity (Wildman–Crippen MR) is 71.0 cm³/mol. The Hall–Kier alpha value is -2.37. The average Bonchev–Trinajstić information content (AvgIpc) is 3.09. The van der Waals surface area contributed by atoms with E-state index in [0.717, 1.165) is 30.9 Å². The molecule has 1 N–H and O–H groups in total. The van der Waals surface area contributed by atoms with Crippen molar-refractivity contribution in [2.24, 2.45) is 0 Å². The van der Waals surface area contributed by atoms with E-state index in [0.29, 0.717) is 0 Å². The molecule has 1 aliphatic heterocycles. The molecule has 6 heteroatoms. The van der Waals surface area contributed by atoms with Crippen molar-refractivity contribution in [3.8, 4) is 0 Å². The molecule has 3 heterocycles. The highest BCUT2D eigenvalue weighted by atomic mass is 16.6. The Balaban J connectivity index is 1.86. The van der Waals surface area contributed by atoms with E-state index in [-0.39, 0.29) is 11.7 Å². The third kappa shape index (κ3) is 2.16. The highest BCUT2D eigenvalue weighted by molar-refractivity contribution is 5.46. The van der Waals surface area contributed by atoms with Crippen LogP contribution >= 0.6 is 0 Å². The third-order valence-electron chi connectivity index (χ3n) is 3.47. The second-order valence-electron chi connectivity index (χ2n) is 4.61. The standard InChI is InChI=1S/C13H14N4O2/c18-17(19)10-5-6-13(15-9-10)16-8-2-4-12(16)11-3-1-7-14-11/h1,3,5-7,9,12,14H,2,4,8H2/t12-/m0/s1. The van der Waals surface area contributed by atoms with Crippen LogP contribution in [0, 0.1) is 10.1 Å². The van der Waals surface area contributed by atoms with E-state index < -0.39 is 4.92 Å². The molecule has 0 saturated carbocycles. The van der Waals surface area contributed by atoms with Gasteiger partial charge in [-0.2, -0.15) is 0 Å². The Morgan fingerprint density at radius 3 is 2.95 bits per heavy atom. The van der Waals surface area contributed by atoms with E-state index in [9.17, 15) is 10.1 Å². The zero-order valence-electron chi connectivity index (χ0n) is 10.3. The fraction of sp³-hybridized carbons (Fsp3) is 0.308. The zero-order valence-corrected chi connectivity index (χ0v) is 10.3. The van der Waals surface area contributed by atoms with Gasteiger partial charge in [-0.3, -0.25) is 10.1 Å². The van der Waals surface area contributed by atoms with Crippen molar-refractivity contribution in [1.29, 1.82) is 0 Å². The normalized spacial score (nSPS) is 18.7. The van der Waals surface area contributed by atoms with Crippen LogP contribution in [0.3, 0.4) is 0 Å². The van der Waals surface area contributed by atoms with Gasteiger partial charge in [0.1, 0.15) is 12.0 Å². The Kier molecular flexibility index (Phi) is 2.91. The van der Waals surface area contributed by atoms with Crippen molar-refractivity contribution < 1.29 is 4.92 Å². The second-order valence-corrected chi connectivity index (χ2v) is 4.61. The molecule has 6 nitrogen and oxygen atoms in total. The number of nitrogens with zero attached hydrogens (tertiary/aromatic N) is 3. The van der Waals surface area contributed by atoms with Crippen LogP contribution in [0.2, 0.25) is 0 Å². The highest BCUT2D eigenvalue weighted by Crippen LogP contribution is 2.34. The number of pyridine rings is 1. The van der Waals surface area contributed by atoms with E-state index >= 15 is 0 Å². The van der Waals surface area contributed by atoms with Crippen LogP contribution in [0.5, 0.6) is 0 Å². The van der Waals surface area contributed by atoms with Gasteiger partial charge in [0.15, 0.2) is 0 Å². The molecule has 2 aromatic rings. The van der Waals surface area contributed by atoms with Gasteiger partial charge in [0.25, 0.3) is 5.69 Å². The monoisotopic (exact) mass is 258 g/mol. The molecule has 0 radical (unpaired) electrons. The first kappa shape index (κ1) is 11.7. The predicted octanol–water partition coefficient (Wildman–Crippen LogP) is 2.66. The Labute approximate surface area is 110 Å². The lowest BCUT2D eigenvalue weighted by Gasteiger charge is -2.24. The largest absolute Gasteiger partial charge is 0.363 e. The van der Waals surface area contributed by atoms with Crippen LogP contribution in [-0.2, 0) is 0 Å². The number of anilines is 1. The molecule has 0 bridgehead atoms. The number of aromatic nitrogens is 2. The maximum atomic E-state index is 10.6. The summed E-state index contributed by atoms with van der Waals surface area (Å²) in [5.74, 6) is 0.794. The minimum absolute atomic E-state index is 0.0272. The number of nitrogens with one attached hydrogen (secondary N) is 1. The molecular formula is C13H14N4O2. The minimum Gasteiger partial charge on any atom is -0.363 e. The van der Waals surface area contributed by atoms with Gasteiger partial charge in [0, 0.05) is 24.5 Å². The summed E-state index contributed by atoms with van der Waals surface area (Å²) in [6.07, 6.45) is 5.40. The molecule has 1 fully saturated rings. The molecule has 0 aliphatic carbocycles. The van der Waals surface area contributed by atoms with Gasteiger partial charge in [-0.15, -0.1) is 0 Å². The molecular weight excluding hydrogens is 244 g/mol. The lowest BCUT2D eigenvalue weighted by molar-refractivity contribution is -0.385. The summed E-state index contributed by atoms with van der Waals surface area (Å²) >= 11 is 0. The van der Waals surface area contributed by atoms with Crippen molar-refractivity contribution in [3.63, 3.8) is 0 Å². The van der Waals surface area contributed by atoms with Crippen molar-refractivity contribution in [3.05, 3.63) is 52.5 Å². The topological polar surface area (TPSA) is 75.1 Å². The fourth-order valence-corrected chi connectivity index (χ4v) is 2.57. The molecule has 98 valence electrons. The Morgan fingerprint density at radius 2 is 2.32 bits per heavy atom. The molecule has 0 spiro atoms. The van der Waals surface area contributed by atoms with Crippen molar-refractivity contribution in [2.75, 3.05) is 11.4 Å². The lowest BCUT2D eigenvalue weighted by Crippen LogP contribution is -2.23. The van der Waals surface area contributed by atoms with Gasteiger partial charge in [-0.25, -0.2) is 4.98 Å². The van der Waals surface area contributed by atoms with Gasteiger partial charge in [0.05, 0.1) is 11.0 Å². The van der Waals surface area contributed by atoms with Crippen molar-refractivity contribution in [1.82, 2.24) is 9.97 Å². The smallest absolute Gasteiger partial charge is 0.287 e. The van der Waals surface area contributed by atoms with E-state index in [2.05, 4.69) is 20.9 Å². The Bertz CT molecular complexity index is 565. The SMILES string of the molecule is O=[N+]([O-])c1ccc(N2CCC[C@H]2c2ccc[nH]2)nc1. The first-order valence-electron chi connectivity index (χ1n) is 6.26. The first-order valence-corrected chi connectivity index (χ1v) is 6.26. The first-order chi connectivity index (χ1) is 9.25. The summed E-state index contributed by atoms with van der Waals surface area (Å²) in [5.41, 5.74) is 1.19. The van der Waals surface area contributed by atoms with Gasteiger partial charge in [-0.1, -0.05) is 0 Å². The van der Waals surface area contributed by atoms with Crippen LogP contribution in [-0.4, -0.2) is 21.4 Å². The number of rotatable bonds is 3. The maximum absolute atomic E-state index is 10.6. The molecule has 1 atom stereocenters. The number of hydrogen-bond acceptors (Lipinski definition) is 4. The summed E-state index contributed by atoms with van der Waals surface area (Å²) in [4.78, 5) is 19.8. The van der Waals surface area contributed by atoms with E-state index in [1.54, 1.807) is 6.07 Å². The van der Waals surface area contributed by atoms with Crippen LogP contribution < -0.4 is 4.90 Å². The third-order valence-corrected chi connectivity index (χ3v) is 3.47. The van der Waals surface area contributed by atoms with Gasteiger partial charge >= 0.3 is 0 Å². The summed E-state index contributed by atoms with van der Waals surface area (Å²) < 4.78 is 0. The van der Waals surface area contributed by atoms with Crippen molar-refractivity contribution in [2.45, 2.75) is 18.9 Å². The number of aromatic amines is 1. The second kappa shape index (κ2) is 4.72. The van der Waals surface area contributed by atoms with Crippen LogP contribution in [0.25, 0.3) is 0 Å². The van der Waals surface area contributed by atoms with Crippen molar-refractivity contribution >= 4 is 11.5 Å². The minimum atomic E-state index is -0.427. The summed E-state index contributed by atoms with van der Waals surface area (Å²) in [5, 5.41) is 10.6. The van der Waals surface area contributed by atoms with Gasteiger partial charge < -0.3 is 9.88 Å². The van der Waals surface area contributed by atoms with Crippen LogP contribution in [0.15, 0.2) is 36.7 Å². The Morgan fingerprint density at radius 1 is 1.42 bits per heavy atom. The van der Waals surface area contributed by atoms with E-state index in [1.165, 1.54) is 12.3 Å². The molecule has 1 aliphatic rings. The summed E-state index contributed by atoms with van der Waals surface area (Å²) in [7, 11) is 0. The quantitative estimate of drug-likeness (QED) is 0.678. The summed E-state index contributed by atoms with van der Waals surface area (Å²) in [6.45, 7) is 0.925. The van der Waals surface area contributed by atoms with Gasteiger partial charge in [0.2, 0.25) is 0 Å². The average molecular weight is 258 g/mol. The molecule has 0 amide bonds. The fourth-order valence-electron chi connectivity index (χ4n) is 2.57. The van der Waals surface area contributed by atoms with Crippen LogP contribution in [0.1, 0.15) is 24.6 Å². The number of hydrogen-bond donors (Lipinski definition) is 1. The summed E-state index contributed by atoms with van der Waals surface area (Å²) in [6, 6.07) is 7.55. The lowest BCUT2D eigenvalue weighted by atomic mass is 10.1. The van der Waals surface area contributed by atoms with Crippen LogP contribution in [0.4, 0.5) is 11.5 Å². The maximum Gasteiger partial charge on any atom is 0.287 e. The van der Waals surface area contributed by atoms with E-state index in [1.807, 2.05) is 12.3 Å². The molecule has 3 rings (SSSR count). The van der Waals surface area contributed by atoms with Gasteiger partial charge in [-0.05, 0) is 31.0 Å². The molecule has 0 unspecified atom stereocenters. The highest BCUT2D eigenvalue weighted by Gasteiger charge is 2.27. The molecule has 19 heavy (non-hydrogen) atoms. The molecule has 2 aromatic heterocycles. The number of nitro groups is 1. The molecule has 0 aromatic carbocycles.